The lowest BCUT2D eigenvalue weighted by Gasteiger charge is -2.24. The number of carbonyl (C=O) groups is 2. The highest BCUT2D eigenvalue weighted by Crippen LogP contribution is 2.40. The van der Waals surface area contributed by atoms with Gasteiger partial charge in [0.15, 0.2) is 5.43 Å². The molecule has 5 rings (SSSR count). The lowest BCUT2D eigenvalue weighted by atomic mass is 9.97. The van der Waals surface area contributed by atoms with Crippen LogP contribution in [-0.4, -0.2) is 24.0 Å². The molecule has 1 aliphatic rings. The minimum atomic E-state index is -0.750. The maximum Gasteiger partial charge on any atom is 0.337 e. The van der Waals surface area contributed by atoms with Crippen molar-refractivity contribution in [1.82, 2.24) is 4.98 Å². The van der Waals surface area contributed by atoms with Crippen LogP contribution in [0.3, 0.4) is 0 Å². The van der Waals surface area contributed by atoms with Crippen LogP contribution in [-0.2, 0) is 4.74 Å². The standard InChI is InChI=1S/C25H18N2O5/c1-14-6-11-18-17(13-14)22(28)20-21(15-7-9-16(10-8-15)25(30)31-2)27(24(29)23(20)32-18)19-5-3-4-12-26-19/h3-13,21H,1-2H3. The van der Waals surface area contributed by atoms with Crippen LogP contribution in [0.15, 0.2) is 76.1 Å². The van der Waals surface area contributed by atoms with Gasteiger partial charge in [-0.3, -0.25) is 14.5 Å². The van der Waals surface area contributed by atoms with Crippen LogP contribution < -0.4 is 10.3 Å². The number of amides is 1. The van der Waals surface area contributed by atoms with Gasteiger partial charge >= 0.3 is 5.97 Å². The van der Waals surface area contributed by atoms with Crippen LogP contribution in [0.1, 0.15) is 43.6 Å². The van der Waals surface area contributed by atoms with Crippen molar-refractivity contribution in [2.75, 3.05) is 12.0 Å². The van der Waals surface area contributed by atoms with Crippen LogP contribution in [0.5, 0.6) is 0 Å². The molecule has 7 nitrogen and oxygen atoms in total. The van der Waals surface area contributed by atoms with E-state index in [1.807, 2.05) is 13.0 Å². The third-order valence-corrected chi connectivity index (χ3v) is 5.57. The Morgan fingerprint density at radius 1 is 1.06 bits per heavy atom. The first kappa shape index (κ1) is 19.7. The zero-order valence-electron chi connectivity index (χ0n) is 17.4. The van der Waals surface area contributed by atoms with Gasteiger partial charge in [-0.2, -0.15) is 0 Å². The number of hydrogen-bond acceptors (Lipinski definition) is 6. The predicted molar refractivity (Wildman–Crippen MR) is 118 cm³/mol. The number of fused-ring (bicyclic) bond motifs is 2. The first-order chi connectivity index (χ1) is 15.5. The highest BCUT2D eigenvalue weighted by molar-refractivity contribution is 6.10. The Labute approximate surface area is 182 Å². The van der Waals surface area contributed by atoms with Crippen molar-refractivity contribution in [1.29, 1.82) is 0 Å². The van der Waals surface area contributed by atoms with Crippen molar-refractivity contribution >= 4 is 28.7 Å². The van der Waals surface area contributed by atoms with Crippen LogP contribution in [0.2, 0.25) is 0 Å². The Kier molecular flexibility index (Phi) is 4.59. The molecule has 0 fully saturated rings. The molecular formula is C25H18N2O5. The second kappa shape index (κ2) is 7.46. The van der Waals surface area contributed by atoms with Crippen molar-refractivity contribution in [2.45, 2.75) is 13.0 Å². The minimum absolute atomic E-state index is 0.000879. The number of hydrogen-bond donors (Lipinski definition) is 0. The smallest absolute Gasteiger partial charge is 0.337 e. The highest BCUT2D eigenvalue weighted by atomic mass is 16.5. The largest absolute Gasteiger partial charge is 0.465 e. The number of benzene rings is 2. The monoisotopic (exact) mass is 426 g/mol. The van der Waals surface area contributed by atoms with Gasteiger partial charge in [-0.05, 0) is 48.9 Å². The first-order valence-corrected chi connectivity index (χ1v) is 10.00. The molecule has 0 spiro atoms. The van der Waals surface area contributed by atoms with E-state index in [-0.39, 0.29) is 16.8 Å². The molecule has 3 heterocycles. The van der Waals surface area contributed by atoms with Gasteiger partial charge in [0, 0.05) is 6.20 Å². The summed E-state index contributed by atoms with van der Waals surface area (Å²) < 4.78 is 10.7. The Balaban J connectivity index is 1.76. The number of ether oxygens (including phenoxy) is 1. The lowest BCUT2D eigenvalue weighted by Crippen LogP contribution is -2.30. The number of carbonyl (C=O) groups excluding carboxylic acids is 2. The van der Waals surface area contributed by atoms with Gasteiger partial charge < -0.3 is 9.15 Å². The van der Waals surface area contributed by atoms with E-state index in [0.717, 1.165) is 5.56 Å². The molecule has 0 saturated heterocycles. The number of nitrogens with zero attached hydrogens (tertiary/aromatic N) is 2. The van der Waals surface area contributed by atoms with Gasteiger partial charge in [-0.1, -0.05) is 29.8 Å². The first-order valence-electron chi connectivity index (χ1n) is 10.00. The summed E-state index contributed by atoms with van der Waals surface area (Å²) in [6.45, 7) is 1.89. The van der Waals surface area contributed by atoms with Crippen molar-refractivity contribution in [3.8, 4) is 0 Å². The molecule has 0 saturated carbocycles. The predicted octanol–water partition coefficient (Wildman–Crippen LogP) is 4.03. The van der Waals surface area contributed by atoms with E-state index in [9.17, 15) is 14.4 Å². The van der Waals surface area contributed by atoms with Gasteiger partial charge in [0.2, 0.25) is 5.76 Å². The maximum atomic E-state index is 13.6. The number of rotatable bonds is 3. The fraction of sp³-hybridized carbons (Fsp3) is 0.120. The van der Waals surface area contributed by atoms with Gasteiger partial charge in [0.1, 0.15) is 11.4 Å². The molecule has 0 aliphatic carbocycles. The second-order valence-corrected chi connectivity index (χ2v) is 7.55. The average molecular weight is 426 g/mol. The maximum absolute atomic E-state index is 13.6. The lowest BCUT2D eigenvalue weighted by molar-refractivity contribution is 0.0600. The topological polar surface area (TPSA) is 89.7 Å². The average Bonchev–Trinajstić information content (AvgIpc) is 3.12. The Morgan fingerprint density at radius 2 is 1.84 bits per heavy atom. The summed E-state index contributed by atoms with van der Waals surface area (Å²) in [7, 11) is 1.31. The molecule has 1 amide bonds. The number of anilines is 1. The van der Waals surface area contributed by atoms with Crippen LogP contribution in [0.4, 0.5) is 5.82 Å². The quantitative estimate of drug-likeness (QED) is 0.460. The van der Waals surface area contributed by atoms with Crippen molar-refractivity contribution in [3.63, 3.8) is 0 Å². The Bertz CT molecular complexity index is 1420. The SMILES string of the molecule is COC(=O)c1ccc(C2c3c(oc4ccc(C)cc4c3=O)C(=O)N2c2ccccn2)cc1. The van der Waals surface area contributed by atoms with Crippen LogP contribution in [0.25, 0.3) is 11.0 Å². The third kappa shape index (κ3) is 2.98. The van der Waals surface area contributed by atoms with Gasteiger partial charge in [-0.15, -0.1) is 0 Å². The number of aromatic nitrogens is 1. The summed E-state index contributed by atoms with van der Waals surface area (Å²) in [6, 6.07) is 16.4. The fourth-order valence-electron chi connectivity index (χ4n) is 4.05. The van der Waals surface area contributed by atoms with Crippen molar-refractivity contribution in [2.24, 2.45) is 0 Å². The summed E-state index contributed by atoms with van der Waals surface area (Å²) >= 11 is 0. The number of methoxy groups -OCH3 is 1. The molecule has 1 aliphatic heterocycles. The molecule has 2 aromatic heterocycles. The molecule has 0 radical (unpaired) electrons. The molecule has 158 valence electrons. The van der Waals surface area contributed by atoms with E-state index in [1.165, 1.54) is 12.0 Å². The van der Waals surface area contributed by atoms with E-state index in [1.54, 1.807) is 60.8 Å². The van der Waals surface area contributed by atoms with E-state index < -0.39 is 17.9 Å². The normalized spacial score (nSPS) is 15.1. The number of esters is 1. The molecule has 32 heavy (non-hydrogen) atoms. The summed E-state index contributed by atoms with van der Waals surface area (Å²) in [6.07, 6.45) is 1.58. The molecule has 1 atom stereocenters. The minimum Gasteiger partial charge on any atom is -0.465 e. The molecule has 0 bridgehead atoms. The number of pyridine rings is 1. The summed E-state index contributed by atoms with van der Waals surface area (Å²) in [4.78, 5) is 44.6. The Morgan fingerprint density at radius 3 is 2.53 bits per heavy atom. The molecule has 1 unspecified atom stereocenters. The fourth-order valence-corrected chi connectivity index (χ4v) is 4.05. The van der Waals surface area contributed by atoms with E-state index in [2.05, 4.69) is 4.98 Å². The highest BCUT2D eigenvalue weighted by Gasteiger charge is 2.44. The summed E-state index contributed by atoms with van der Waals surface area (Å²) in [5.41, 5.74) is 2.27. The van der Waals surface area contributed by atoms with Gasteiger partial charge in [0.05, 0.1) is 29.7 Å². The van der Waals surface area contributed by atoms with E-state index in [0.29, 0.717) is 27.9 Å². The van der Waals surface area contributed by atoms with Crippen molar-refractivity contribution in [3.05, 3.63) is 105 Å². The second-order valence-electron chi connectivity index (χ2n) is 7.55. The van der Waals surface area contributed by atoms with Crippen LogP contribution >= 0.6 is 0 Å². The number of aryl methyl sites for hydroxylation is 1. The van der Waals surface area contributed by atoms with Crippen LogP contribution in [0, 0.1) is 6.92 Å². The molecular weight excluding hydrogens is 408 g/mol. The van der Waals surface area contributed by atoms with Gasteiger partial charge in [0.25, 0.3) is 5.91 Å². The third-order valence-electron chi connectivity index (χ3n) is 5.57. The Hall–Kier alpha value is -4.26. The zero-order chi connectivity index (χ0) is 22.4. The zero-order valence-corrected chi connectivity index (χ0v) is 17.4. The molecule has 2 aromatic carbocycles. The van der Waals surface area contributed by atoms with E-state index >= 15 is 0 Å². The van der Waals surface area contributed by atoms with Crippen molar-refractivity contribution < 1.29 is 18.7 Å². The molecule has 7 heteroatoms. The van der Waals surface area contributed by atoms with E-state index in [4.69, 9.17) is 9.15 Å². The summed E-state index contributed by atoms with van der Waals surface area (Å²) in [5, 5.41) is 0.413. The summed E-state index contributed by atoms with van der Waals surface area (Å²) in [5.74, 6) is -0.521. The molecule has 0 N–H and O–H groups in total. The molecule has 4 aromatic rings. The van der Waals surface area contributed by atoms with Gasteiger partial charge in [-0.25, -0.2) is 9.78 Å².